The molecule has 1 aromatic rings. The molecule has 0 fully saturated rings. The summed E-state index contributed by atoms with van der Waals surface area (Å²) in [5.74, 6) is -1.32. The van der Waals surface area contributed by atoms with Crippen molar-refractivity contribution in [3.63, 3.8) is 0 Å². The molecule has 0 aliphatic rings. The summed E-state index contributed by atoms with van der Waals surface area (Å²) in [5.41, 5.74) is 6.17. The van der Waals surface area contributed by atoms with Gasteiger partial charge in [-0.25, -0.2) is 4.39 Å². The molecule has 0 aliphatic heterocycles. The third-order valence-electron chi connectivity index (χ3n) is 1.69. The molecule has 0 heterocycles. The fraction of sp³-hybridized carbons (Fsp3) is 0.222. The molecule has 0 saturated carbocycles. The SMILES string of the molecule is Cl.NC(CC(=O)O)c1ccc(F)cc1. The minimum absolute atomic E-state index is 0. The highest BCUT2D eigenvalue weighted by Gasteiger charge is 2.09. The van der Waals surface area contributed by atoms with Crippen LogP contribution in [0.25, 0.3) is 0 Å². The van der Waals surface area contributed by atoms with E-state index in [9.17, 15) is 9.18 Å². The second-order valence-electron chi connectivity index (χ2n) is 2.76. The molecular formula is C9H11ClFNO2. The molecule has 78 valence electrons. The summed E-state index contributed by atoms with van der Waals surface area (Å²) in [6, 6.07) is 4.93. The van der Waals surface area contributed by atoms with Crippen molar-refractivity contribution in [2.24, 2.45) is 5.73 Å². The first-order chi connectivity index (χ1) is 6.09. The Kier molecular flexibility index (Phi) is 5.12. The average Bonchev–Trinajstić information content (AvgIpc) is 2.04. The number of benzene rings is 1. The standard InChI is InChI=1S/C9H10FNO2.ClH/c10-7-3-1-6(2-4-7)8(11)5-9(12)13;/h1-4,8H,5,11H2,(H,12,13);1H. The van der Waals surface area contributed by atoms with E-state index in [4.69, 9.17) is 10.8 Å². The van der Waals surface area contributed by atoms with E-state index >= 15 is 0 Å². The monoisotopic (exact) mass is 219 g/mol. The van der Waals surface area contributed by atoms with Crippen molar-refractivity contribution < 1.29 is 14.3 Å². The minimum Gasteiger partial charge on any atom is -0.481 e. The number of nitrogens with two attached hydrogens (primary N) is 1. The van der Waals surface area contributed by atoms with Crippen LogP contribution < -0.4 is 5.73 Å². The van der Waals surface area contributed by atoms with Crippen molar-refractivity contribution >= 4 is 18.4 Å². The molecule has 1 unspecified atom stereocenters. The van der Waals surface area contributed by atoms with Crippen LogP contribution in [0.3, 0.4) is 0 Å². The van der Waals surface area contributed by atoms with Gasteiger partial charge in [0.1, 0.15) is 5.82 Å². The van der Waals surface area contributed by atoms with Crippen LogP contribution in [0.1, 0.15) is 18.0 Å². The summed E-state index contributed by atoms with van der Waals surface area (Å²) in [6.45, 7) is 0. The Morgan fingerprint density at radius 2 is 1.93 bits per heavy atom. The molecule has 3 N–H and O–H groups in total. The van der Waals surface area contributed by atoms with Crippen molar-refractivity contribution in [2.45, 2.75) is 12.5 Å². The minimum atomic E-state index is -0.961. The van der Waals surface area contributed by atoms with E-state index in [0.717, 1.165) is 0 Å². The maximum absolute atomic E-state index is 12.5. The van der Waals surface area contributed by atoms with E-state index < -0.39 is 12.0 Å². The highest BCUT2D eigenvalue weighted by molar-refractivity contribution is 5.85. The van der Waals surface area contributed by atoms with Gasteiger partial charge in [0.25, 0.3) is 0 Å². The van der Waals surface area contributed by atoms with Crippen molar-refractivity contribution in [3.05, 3.63) is 35.6 Å². The molecule has 14 heavy (non-hydrogen) atoms. The number of rotatable bonds is 3. The summed E-state index contributed by atoms with van der Waals surface area (Å²) in [6.07, 6.45) is -0.147. The van der Waals surface area contributed by atoms with E-state index in [1.54, 1.807) is 0 Å². The van der Waals surface area contributed by atoms with E-state index in [1.807, 2.05) is 0 Å². The van der Waals surface area contributed by atoms with E-state index in [2.05, 4.69) is 0 Å². The molecule has 0 saturated heterocycles. The smallest absolute Gasteiger partial charge is 0.305 e. The van der Waals surface area contributed by atoms with E-state index in [-0.39, 0.29) is 24.6 Å². The summed E-state index contributed by atoms with van der Waals surface area (Å²) < 4.78 is 12.5. The Morgan fingerprint density at radius 1 is 1.43 bits per heavy atom. The summed E-state index contributed by atoms with van der Waals surface area (Å²) in [4.78, 5) is 10.3. The van der Waals surface area contributed by atoms with Crippen LogP contribution in [0.4, 0.5) is 4.39 Å². The molecule has 1 aromatic carbocycles. The molecule has 5 heteroatoms. The van der Waals surface area contributed by atoms with Gasteiger partial charge >= 0.3 is 5.97 Å². The Hall–Kier alpha value is -1.13. The Balaban J connectivity index is 0.00000169. The van der Waals surface area contributed by atoms with Crippen LogP contribution in [0, 0.1) is 5.82 Å². The largest absolute Gasteiger partial charge is 0.481 e. The van der Waals surface area contributed by atoms with Gasteiger partial charge in [-0.05, 0) is 17.7 Å². The fourth-order valence-corrected chi connectivity index (χ4v) is 1.02. The summed E-state index contributed by atoms with van der Waals surface area (Å²) >= 11 is 0. The van der Waals surface area contributed by atoms with Gasteiger partial charge in [0.05, 0.1) is 6.42 Å². The predicted octanol–water partition coefficient (Wildman–Crippen LogP) is 1.72. The van der Waals surface area contributed by atoms with Gasteiger partial charge in [0, 0.05) is 6.04 Å². The van der Waals surface area contributed by atoms with Crippen LogP contribution in [-0.2, 0) is 4.79 Å². The van der Waals surface area contributed by atoms with Crippen molar-refractivity contribution in [1.29, 1.82) is 0 Å². The number of aliphatic carboxylic acids is 1. The fourth-order valence-electron chi connectivity index (χ4n) is 1.02. The van der Waals surface area contributed by atoms with Gasteiger partial charge in [-0.1, -0.05) is 12.1 Å². The lowest BCUT2D eigenvalue weighted by Crippen LogP contribution is -2.14. The lowest BCUT2D eigenvalue weighted by atomic mass is 10.1. The molecule has 1 atom stereocenters. The number of halogens is 2. The summed E-state index contributed by atoms with van der Waals surface area (Å²) in [5, 5.41) is 8.45. The second-order valence-corrected chi connectivity index (χ2v) is 2.76. The Morgan fingerprint density at radius 3 is 2.36 bits per heavy atom. The van der Waals surface area contributed by atoms with Gasteiger partial charge in [0.15, 0.2) is 0 Å². The van der Waals surface area contributed by atoms with Crippen LogP contribution in [0.5, 0.6) is 0 Å². The number of hydrogen-bond acceptors (Lipinski definition) is 2. The normalized spacial score (nSPS) is 11.6. The van der Waals surface area contributed by atoms with E-state index in [0.29, 0.717) is 5.56 Å². The molecule has 0 radical (unpaired) electrons. The van der Waals surface area contributed by atoms with Gasteiger partial charge in [-0.3, -0.25) is 4.79 Å². The molecule has 0 amide bonds. The second kappa shape index (κ2) is 5.57. The summed E-state index contributed by atoms with van der Waals surface area (Å²) in [7, 11) is 0. The van der Waals surface area contributed by atoms with Crippen LogP contribution >= 0.6 is 12.4 Å². The van der Waals surface area contributed by atoms with E-state index in [1.165, 1.54) is 24.3 Å². The number of carbonyl (C=O) groups is 1. The van der Waals surface area contributed by atoms with Gasteiger partial charge < -0.3 is 10.8 Å². The molecule has 0 aliphatic carbocycles. The molecule has 3 nitrogen and oxygen atoms in total. The lowest BCUT2D eigenvalue weighted by molar-refractivity contribution is -0.137. The van der Waals surface area contributed by atoms with Gasteiger partial charge in [-0.15, -0.1) is 12.4 Å². The first-order valence-electron chi connectivity index (χ1n) is 3.82. The third-order valence-corrected chi connectivity index (χ3v) is 1.69. The maximum Gasteiger partial charge on any atom is 0.305 e. The lowest BCUT2D eigenvalue weighted by Gasteiger charge is -2.08. The Labute approximate surface area is 87.1 Å². The van der Waals surface area contributed by atoms with Gasteiger partial charge in [-0.2, -0.15) is 0 Å². The third kappa shape index (κ3) is 3.72. The first kappa shape index (κ1) is 12.9. The predicted molar refractivity (Wildman–Crippen MR) is 52.8 cm³/mol. The van der Waals surface area contributed by atoms with Crippen LogP contribution in [0.15, 0.2) is 24.3 Å². The van der Waals surface area contributed by atoms with Gasteiger partial charge in [0.2, 0.25) is 0 Å². The zero-order valence-electron chi connectivity index (χ0n) is 7.31. The molecule has 1 rings (SSSR count). The number of carboxylic acid groups (broad SMARTS) is 1. The van der Waals surface area contributed by atoms with Crippen LogP contribution in [-0.4, -0.2) is 11.1 Å². The highest BCUT2D eigenvalue weighted by Crippen LogP contribution is 2.13. The number of carboxylic acids is 1. The molecule has 0 bridgehead atoms. The molecular weight excluding hydrogens is 209 g/mol. The first-order valence-corrected chi connectivity index (χ1v) is 3.82. The highest BCUT2D eigenvalue weighted by atomic mass is 35.5. The number of hydrogen-bond donors (Lipinski definition) is 2. The zero-order valence-corrected chi connectivity index (χ0v) is 8.13. The van der Waals surface area contributed by atoms with Crippen molar-refractivity contribution in [3.8, 4) is 0 Å². The average molecular weight is 220 g/mol. The zero-order chi connectivity index (χ0) is 9.84. The van der Waals surface area contributed by atoms with Crippen LogP contribution in [0.2, 0.25) is 0 Å². The quantitative estimate of drug-likeness (QED) is 0.814. The Bertz CT molecular complexity index is 302. The molecule has 0 aromatic heterocycles. The maximum atomic E-state index is 12.5. The molecule has 0 spiro atoms. The van der Waals surface area contributed by atoms with Crippen molar-refractivity contribution in [2.75, 3.05) is 0 Å². The topological polar surface area (TPSA) is 63.3 Å². The van der Waals surface area contributed by atoms with Crippen molar-refractivity contribution in [1.82, 2.24) is 0 Å².